The number of carbonyl (C=O) groups excluding carboxylic acids is 1. The zero-order chi connectivity index (χ0) is 22.1. The monoisotopic (exact) mass is 548 g/mol. The Morgan fingerprint density at radius 1 is 1.03 bits per heavy atom. The zero-order valence-electron chi connectivity index (χ0n) is 19.3. The molecule has 1 aliphatic heterocycles. The maximum absolute atomic E-state index is 12.2. The number of hydrogen-bond acceptors (Lipinski definition) is 5. The third-order valence-electron chi connectivity index (χ3n) is 4.54. The van der Waals surface area contributed by atoms with Crippen LogP contribution < -0.4 is 15.2 Å². The maximum Gasteiger partial charge on any atom is 0.410 e. The summed E-state index contributed by atoms with van der Waals surface area (Å²) in [6, 6.07) is 5.96. The van der Waals surface area contributed by atoms with Crippen molar-refractivity contribution in [2.75, 3.05) is 45.9 Å². The van der Waals surface area contributed by atoms with Crippen LogP contribution in [-0.4, -0.2) is 73.4 Å². The van der Waals surface area contributed by atoms with Crippen molar-refractivity contribution in [1.29, 1.82) is 0 Å². The fraction of sp³-hybridized carbons (Fsp3) is 0.636. The molecule has 0 aromatic heterocycles. The molecule has 1 amide bonds. The number of hydrogen-bond donors (Lipinski definition) is 1. The second-order valence-corrected chi connectivity index (χ2v) is 8.09. The summed E-state index contributed by atoms with van der Waals surface area (Å²) in [6.45, 7) is 13.7. The average Bonchev–Trinajstić information content (AvgIpc) is 2.69. The Morgan fingerprint density at radius 3 is 2.19 bits per heavy atom. The Hall–Kier alpha value is -1.91. The van der Waals surface area contributed by atoms with E-state index in [1.807, 2.05) is 57.7 Å². The molecule has 0 radical (unpaired) electrons. The molecule has 1 aromatic rings. The quantitative estimate of drug-likeness (QED) is 0.319. The van der Waals surface area contributed by atoms with Gasteiger partial charge >= 0.3 is 6.09 Å². The molecule has 1 saturated heterocycles. The number of piperazine rings is 1. The molecule has 0 bridgehead atoms. The van der Waals surface area contributed by atoms with Gasteiger partial charge in [0.05, 0.1) is 13.2 Å². The number of rotatable bonds is 7. The number of ether oxygens (including phenoxy) is 3. The largest absolute Gasteiger partial charge is 0.490 e. The Morgan fingerprint density at radius 2 is 1.61 bits per heavy atom. The SMILES string of the molecule is CCOc1ccc(CCN=C(N)N2CCN(C(=O)OC(C)(C)C)CC2)cc1OCC.I. The minimum atomic E-state index is -0.488. The highest BCUT2D eigenvalue weighted by Gasteiger charge is 2.26. The van der Waals surface area contributed by atoms with Crippen LogP contribution in [0, 0.1) is 0 Å². The topological polar surface area (TPSA) is 89.6 Å². The van der Waals surface area contributed by atoms with Gasteiger partial charge in [-0.1, -0.05) is 6.07 Å². The van der Waals surface area contributed by atoms with Crippen molar-refractivity contribution in [3.05, 3.63) is 23.8 Å². The van der Waals surface area contributed by atoms with Crippen molar-refractivity contribution < 1.29 is 19.0 Å². The van der Waals surface area contributed by atoms with Gasteiger partial charge in [0.1, 0.15) is 5.60 Å². The molecule has 0 spiro atoms. The van der Waals surface area contributed by atoms with E-state index in [0.29, 0.717) is 51.9 Å². The number of amides is 1. The molecule has 1 aliphatic rings. The molecule has 8 nitrogen and oxygen atoms in total. The van der Waals surface area contributed by atoms with Gasteiger partial charge in [-0.25, -0.2) is 4.79 Å². The van der Waals surface area contributed by atoms with E-state index < -0.39 is 5.60 Å². The summed E-state index contributed by atoms with van der Waals surface area (Å²) in [4.78, 5) is 20.4. The third kappa shape index (κ3) is 9.00. The summed E-state index contributed by atoms with van der Waals surface area (Å²) in [7, 11) is 0. The van der Waals surface area contributed by atoms with Crippen molar-refractivity contribution in [2.24, 2.45) is 10.7 Å². The number of benzene rings is 1. The van der Waals surface area contributed by atoms with Gasteiger partial charge in [-0.15, -0.1) is 24.0 Å². The molecule has 0 atom stereocenters. The van der Waals surface area contributed by atoms with E-state index in [-0.39, 0.29) is 30.1 Å². The van der Waals surface area contributed by atoms with Crippen molar-refractivity contribution in [3.63, 3.8) is 0 Å². The first-order chi connectivity index (χ1) is 14.2. The maximum atomic E-state index is 12.2. The molecular weight excluding hydrogens is 511 g/mol. The Bertz CT molecular complexity index is 729. The summed E-state index contributed by atoms with van der Waals surface area (Å²) in [5, 5.41) is 0. The first-order valence-electron chi connectivity index (χ1n) is 10.6. The van der Waals surface area contributed by atoms with Crippen LogP contribution in [0.2, 0.25) is 0 Å². The van der Waals surface area contributed by atoms with Crippen LogP contribution in [0.25, 0.3) is 0 Å². The summed E-state index contributed by atoms with van der Waals surface area (Å²) in [5.41, 5.74) is 6.80. The van der Waals surface area contributed by atoms with E-state index in [1.54, 1.807) is 4.90 Å². The molecule has 2 N–H and O–H groups in total. The predicted octanol–water partition coefficient (Wildman–Crippen LogP) is 3.51. The summed E-state index contributed by atoms with van der Waals surface area (Å²) in [6.07, 6.45) is 0.476. The summed E-state index contributed by atoms with van der Waals surface area (Å²) < 4.78 is 16.7. The molecule has 1 heterocycles. The van der Waals surface area contributed by atoms with Crippen molar-refractivity contribution >= 4 is 36.0 Å². The lowest BCUT2D eigenvalue weighted by Crippen LogP contribution is -2.53. The highest BCUT2D eigenvalue weighted by atomic mass is 127. The number of nitrogens with two attached hydrogens (primary N) is 1. The van der Waals surface area contributed by atoms with Crippen LogP contribution in [0.5, 0.6) is 11.5 Å². The van der Waals surface area contributed by atoms with Gasteiger partial charge in [0.2, 0.25) is 0 Å². The Balaban J connectivity index is 0.00000480. The van der Waals surface area contributed by atoms with Gasteiger partial charge in [-0.05, 0) is 58.7 Å². The van der Waals surface area contributed by atoms with Crippen LogP contribution in [0.3, 0.4) is 0 Å². The lowest BCUT2D eigenvalue weighted by molar-refractivity contribution is 0.0186. The number of aliphatic imine (C=N–C) groups is 1. The van der Waals surface area contributed by atoms with Gasteiger partial charge in [0, 0.05) is 32.7 Å². The predicted molar refractivity (Wildman–Crippen MR) is 134 cm³/mol. The van der Waals surface area contributed by atoms with E-state index in [2.05, 4.69) is 4.99 Å². The molecule has 0 aliphatic carbocycles. The first-order valence-corrected chi connectivity index (χ1v) is 10.6. The van der Waals surface area contributed by atoms with E-state index in [1.165, 1.54) is 0 Å². The minimum absolute atomic E-state index is 0. The van der Waals surface area contributed by atoms with Gasteiger partial charge < -0.3 is 29.7 Å². The third-order valence-corrected chi connectivity index (χ3v) is 4.54. The summed E-state index contributed by atoms with van der Waals surface area (Å²) >= 11 is 0. The minimum Gasteiger partial charge on any atom is -0.490 e. The molecule has 1 fully saturated rings. The molecule has 0 unspecified atom stereocenters. The standard InChI is InChI=1S/C22H36N4O4.HI/c1-6-28-18-9-8-17(16-19(18)29-7-2)10-11-24-20(23)25-12-14-26(15-13-25)21(27)30-22(3,4)5;/h8-9,16H,6-7,10-15H2,1-5H3,(H2,23,24);1H. The fourth-order valence-corrected chi connectivity index (χ4v) is 3.10. The highest BCUT2D eigenvalue weighted by molar-refractivity contribution is 14.0. The molecule has 2 rings (SSSR count). The number of nitrogens with zero attached hydrogens (tertiary/aromatic N) is 3. The Labute approximate surface area is 203 Å². The second-order valence-electron chi connectivity index (χ2n) is 8.09. The van der Waals surface area contributed by atoms with E-state index in [0.717, 1.165) is 23.5 Å². The van der Waals surface area contributed by atoms with Crippen molar-refractivity contribution in [1.82, 2.24) is 9.80 Å². The van der Waals surface area contributed by atoms with Crippen LogP contribution >= 0.6 is 24.0 Å². The summed E-state index contributed by atoms with van der Waals surface area (Å²) in [5.74, 6) is 2.02. The number of halogens is 1. The van der Waals surface area contributed by atoms with Crippen molar-refractivity contribution in [3.8, 4) is 11.5 Å². The van der Waals surface area contributed by atoms with Gasteiger partial charge in [0.15, 0.2) is 17.5 Å². The zero-order valence-corrected chi connectivity index (χ0v) is 21.7. The highest BCUT2D eigenvalue weighted by Crippen LogP contribution is 2.28. The molecule has 9 heteroatoms. The van der Waals surface area contributed by atoms with Crippen LogP contribution in [0.15, 0.2) is 23.2 Å². The lowest BCUT2D eigenvalue weighted by atomic mass is 10.1. The van der Waals surface area contributed by atoms with E-state index >= 15 is 0 Å². The second kappa shape index (κ2) is 12.8. The van der Waals surface area contributed by atoms with Crippen LogP contribution in [-0.2, 0) is 11.2 Å². The smallest absolute Gasteiger partial charge is 0.410 e. The molecule has 0 saturated carbocycles. The van der Waals surface area contributed by atoms with Crippen molar-refractivity contribution in [2.45, 2.75) is 46.6 Å². The number of guanidine groups is 1. The normalized spacial score (nSPS) is 14.7. The van der Waals surface area contributed by atoms with Gasteiger partial charge in [-0.3, -0.25) is 4.99 Å². The van der Waals surface area contributed by atoms with Gasteiger partial charge in [-0.2, -0.15) is 0 Å². The molecule has 31 heavy (non-hydrogen) atoms. The number of carbonyl (C=O) groups is 1. The molecular formula is C22H37IN4O4. The Kier molecular flexibility index (Phi) is 11.2. The van der Waals surface area contributed by atoms with Gasteiger partial charge in [0.25, 0.3) is 0 Å². The van der Waals surface area contributed by atoms with E-state index in [4.69, 9.17) is 19.9 Å². The first kappa shape index (κ1) is 27.1. The fourth-order valence-electron chi connectivity index (χ4n) is 3.10. The molecule has 1 aromatic carbocycles. The van der Waals surface area contributed by atoms with E-state index in [9.17, 15) is 4.79 Å². The van der Waals surface area contributed by atoms with Crippen LogP contribution in [0.1, 0.15) is 40.2 Å². The van der Waals surface area contributed by atoms with Crippen LogP contribution in [0.4, 0.5) is 4.79 Å². The molecule has 176 valence electrons. The average molecular weight is 548 g/mol. The lowest BCUT2D eigenvalue weighted by Gasteiger charge is -2.36.